The second kappa shape index (κ2) is 2.98. The predicted octanol–water partition coefficient (Wildman–Crippen LogP) is 3.05. The van der Waals surface area contributed by atoms with Crippen LogP contribution in [0.2, 0.25) is 0 Å². The van der Waals surface area contributed by atoms with Crippen molar-refractivity contribution in [3.05, 3.63) is 0 Å². The summed E-state index contributed by atoms with van der Waals surface area (Å²) in [5.41, 5.74) is 1.21. The SMILES string of the molecule is CCC(C)(C)N1CCC2(CCC2)C1. The Morgan fingerprint density at radius 3 is 2.31 bits per heavy atom. The highest BCUT2D eigenvalue weighted by atomic mass is 15.2. The lowest BCUT2D eigenvalue weighted by molar-refractivity contribution is 0.0903. The third-order valence-corrected chi connectivity index (χ3v) is 4.57. The fourth-order valence-electron chi connectivity index (χ4n) is 2.76. The molecule has 76 valence electrons. The topological polar surface area (TPSA) is 3.24 Å². The molecule has 0 aromatic carbocycles. The van der Waals surface area contributed by atoms with Gasteiger partial charge in [-0.3, -0.25) is 4.90 Å². The van der Waals surface area contributed by atoms with Gasteiger partial charge in [0.15, 0.2) is 0 Å². The summed E-state index contributed by atoms with van der Waals surface area (Å²) in [6, 6.07) is 0. The lowest BCUT2D eigenvalue weighted by atomic mass is 9.68. The van der Waals surface area contributed by atoms with Gasteiger partial charge in [-0.05, 0) is 51.5 Å². The predicted molar refractivity (Wildman–Crippen MR) is 56.8 cm³/mol. The molecule has 0 bridgehead atoms. The molecule has 2 fully saturated rings. The molecule has 1 saturated carbocycles. The van der Waals surface area contributed by atoms with Crippen molar-refractivity contribution in [2.45, 2.75) is 58.4 Å². The molecule has 13 heavy (non-hydrogen) atoms. The fourth-order valence-corrected chi connectivity index (χ4v) is 2.76. The van der Waals surface area contributed by atoms with Gasteiger partial charge in [-0.25, -0.2) is 0 Å². The Bertz CT molecular complexity index is 191. The standard InChI is InChI=1S/C12H23N/c1-4-11(2,3)13-9-8-12(10-13)6-5-7-12/h4-10H2,1-3H3. The minimum Gasteiger partial charge on any atom is -0.298 e. The van der Waals surface area contributed by atoms with E-state index in [1.807, 2.05) is 0 Å². The summed E-state index contributed by atoms with van der Waals surface area (Å²) in [6.45, 7) is 9.83. The Labute approximate surface area is 82.5 Å². The van der Waals surface area contributed by atoms with E-state index in [0.29, 0.717) is 5.54 Å². The fraction of sp³-hybridized carbons (Fsp3) is 1.00. The van der Waals surface area contributed by atoms with Gasteiger partial charge in [-0.1, -0.05) is 13.3 Å². The molecule has 2 rings (SSSR count). The first-order chi connectivity index (χ1) is 6.08. The molecule has 0 aromatic heterocycles. The molecule has 0 radical (unpaired) electrons. The smallest absolute Gasteiger partial charge is 0.0150 e. The highest BCUT2D eigenvalue weighted by Crippen LogP contribution is 2.49. The highest BCUT2D eigenvalue weighted by molar-refractivity contribution is 4.99. The molecular formula is C12H23N. The molecule has 1 saturated heterocycles. The van der Waals surface area contributed by atoms with Crippen molar-refractivity contribution in [1.29, 1.82) is 0 Å². The van der Waals surface area contributed by atoms with E-state index in [1.54, 1.807) is 0 Å². The van der Waals surface area contributed by atoms with E-state index >= 15 is 0 Å². The molecule has 0 atom stereocenters. The summed E-state index contributed by atoms with van der Waals surface area (Å²) in [5.74, 6) is 0. The monoisotopic (exact) mass is 181 g/mol. The normalized spacial score (nSPS) is 27.9. The molecule has 1 spiro atoms. The van der Waals surface area contributed by atoms with Gasteiger partial charge in [0, 0.05) is 12.1 Å². The van der Waals surface area contributed by atoms with Gasteiger partial charge in [-0.2, -0.15) is 0 Å². The van der Waals surface area contributed by atoms with Gasteiger partial charge >= 0.3 is 0 Å². The first kappa shape index (κ1) is 9.51. The number of likely N-dealkylation sites (tertiary alicyclic amines) is 1. The quantitative estimate of drug-likeness (QED) is 0.633. The van der Waals surface area contributed by atoms with Gasteiger partial charge in [0.05, 0.1) is 0 Å². The van der Waals surface area contributed by atoms with Crippen LogP contribution < -0.4 is 0 Å². The number of nitrogens with zero attached hydrogens (tertiary/aromatic N) is 1. The summed E-state index contributed by atoms with van der Waals surface area (Å²) in [7, 11) is 0. The minimum absolute atomic E-state index is 0.444. The molecular weight excluding hydrogens is 158 g/mol. The van der Waals surface area contributed by atoms with Crippen molar-refractivity contribution >= 4 is 0 Å². The van der Waals surface area contributed by atoms with Crippen LogP contribution in [0.15, 0.2) is 0 Å². The summed E-state index contributed by atoms with van der Waals surface area (Å²) in [5, 5.41) is 0. The molecule has 1 nitrogen and oxygen atoms in total. The maximum atomic E-state index is 2.71. The van der Waals surface area contributed by atoms with Crippen LogP contribution in [0.25, 0.3) is 0 Å². The van der Waals surface area contributed by atoms with Crippen LogP contribution >= 0.6 is 0 Å². The average Bonchev–Trinajstić information content (AvgIpc) is 2.48. The Kier molecular flexibility index (Phi) is 2.18. The van der Waals surface area contributed by atoms with Crippen molar-refractivity contribution < 1.29 is 0 Å². The van der Waals surface area contributed by atoms with Crippen molar-refractivity contribution in [3.63, 3.8) is 0 Å². The van der Waals surface area contributed by atoms with Gasteiger partial charge in [0.2, 0.25) is 0 Å². The van der Waals surface area contributed by atoms with Crippen LogP contribution in [-0.4, -0.2) is 23.5 Å². The molecule has 1 heteroatoms. The lowest BCUT2D eigenvalue weighted by Crippen LogP contribution is -2.44. The van der Waals surface area contributed by atoms with E-state index in [9.17, 15) is 0 Å². The Morgan fingerprint density at radius 1 is 1.23 bits per heavy atom. The van der Waals surface area contributed by atoms with E-state index in [4.69, 9.17) is 0 Å². The zero-order valence-corrected chi connectivity index (χ0v) is 9.40. The Hall–Kier alpha value is -0.0400. The molecule has 0 aromatic rings. The zero-order chi connectivity index (χ0) is 9.53. The lowest BCUT2D eigenvalue weighted by Gasteiger charge is -2.41. The number of hydrogen-bond donors (Lipinski definition) is 0. The zero-order valence-electron chi connectivity index (χ0n) is 9.40. The molecule has 1 heterocycles. The van der Waals surface area contributed by atoms with Gasteiger partial charge in [0.25, 0.3) is 0 Å². The molecule has 1 aliphatic carbocycles. The maximum absolute atomic E-state index is 2.71. The number of hydrogen-bond acceptors (Lipinski definition) is 1. The van der Waals surface area contributed by atoms with Crippen LogP contribution in [0.4, 0.5) is 0 Å². The van der Waals surface area contributed by atoms with Crippen LogP contribution in [0.5, 0.6) is 0 Å². The van der Waals surface area contributed by atoms with Crippen molar-refractivity contribution in [2.24, 2.45) is 5.41 Å². The first-order valence-corrected chi connectivity index (χ1v) is 5.83. The van der Waals surface area contributed by atoms with E-state index in [0.717, 1.165) is 5.41 Å². The van der Waals surface area contributed by atoms with Crippen LogP contribution in [-0.2, 0) is 0 Å². The maximum Gasteiger partial charge on any atom is 0.0150 e. The molecule has 0 amide bonds. The summed E-state index contributed by atoms with van der Waals surface area (Å²) >= 11 is 0. The van der Waals surface area contributed by atoms with E-state index in [-0.39, 0.29) is 0 Å². The average molecular weight is 181 g/mol. The Morgan fingerprint density at radius 2 is 1.92 bits per heavy atom. The molecule has 0 N–H and O–H groups in total. The second-order valence-electron chi connectivity index (χ2n) is 5.69. The van der Waals surface area contributed by atoms with Crippen molar-refractivity contribution in [2.75, 3.05) is 13.1 Å². The van der Waals surface area contributed by atoms with Crippen LogP contribution in [0.3, 0.4) is 0 Å². The highest BCUT2D eigenvalue weighted by Gasteiger charge is 2.45. The summed E-state index contributed by atoms with van der Waals surface area (Å²) in [6.07, 6.45) is 7.24. The third-order valence-electron chi connectivity index (χ3n) is 4.57. The van der Waals surface area contributed by atoms with E-state index in [2.05, 4.69) is 25.7 Å². The van der Waals surface area contributed by atoms with E-state index < -0.39 is 0 Å². The van der Waals surface area contributed by atoms with Gasteiger partial charge in [-0.15, -0.1) is 0 Å². The first-order valence-electron chi connectivity index (χ1n) is 5.83. The largest absolute Gasteiger partial charge is 0.298 e. The summed E-state index contributed by atoms with van der Waals surface area (Å²) in [4.78, 5) is 2.71. The second-order valence-corrected chi connectivity index (χ2v) is 5.69. The van der Waals surface area contributed by atoms with Crippen LogP contribution in [0, 0.1) is 5.41 Å². The van der Waals surface area contributed by atoms with Crippen LogP contribution in [0.1, 0.15) is 52.9 Å². The van der Waals surface area contributed by atoms with Gasteiger partial charge in [0.1, 0.15) is 0 Å². The molecule has 0 unspecified atom stereocenters. The van der Waals surface area contributed by atoms with E-state index in [1.165, 1.54) is 45.2 Å². The van der Waals surface area contributed by atoms with Crippen molar-refractivity contribution in [1.82, 2.24) is 4.90 Å². The third kappa shape index (κ3) is 1.52. The van der Waals surface area contributed by atoms with Gasteiger partial charge < -0.3 is 0 Å². The summed E-state index contributed by atoms with van der Waals surface area (Å²) < 4.78 is 0. The van der Waals surface area contributed by atoms with Crippen molar-refractivity contribution in [3.8, 4) is 0 Å². The minimum atomic E-state index is 0.444. The Balaban J connectivity index is 1.97. The number of rotatable bonds is 2. The molecule has 1 aliphatic heterocycles. The molecule has 2 aliphatic rings.